The van der Waals surface area contributed by atoms with Gasteiger partial charge < -0.3 is 4.90 Å². The Morgan fingerprint density at radius 1 is 1.06 bits per heavy atom. The summed E-state index contributed by atoms with van der Waals surface area (Å²) in [6.45, 7) is 10.5. The second kappa shape index (κ2) is 10.2. The second-order valence-electron chi connectivity index (χ2n) is 8.67. The fourth-order valence-corrected chi connectivity index (χ4v) is 5.59. The molecule has 1 aliphatic heterocycles. The van der Waals surface area contributed by atoms with Gasteiger partial charge in [-0.15, -0.1) is 6.58 Å². The van der Waals surface area contributed by atoms with E-state index in [-0.39, 0.29) is 23.9 Å². The van der Waals surface area contributed by atoms with Gasteiger partial charge in [0.25, 0.3) is 0 Å². The molecule has 0 saturated carbocycles. The van der Waals surface area contributed by atoms with Gasteiger partial charge in [0, 0.05) is 22.0 Å². The molecule has 0 radical (unpaired) electrons. The zero-order valence-corrected chi connectivity index (χ0v) is 20.3. The SMILES string of the molecule is C=CCC1(CC)C[C@H](c2cccc(Cl)c2)[C@@H](c2ccc(Cl)cc2)N(C(CC)CC)C1=O. The van der Waals surface area contributed by atoms with Gasteiger partial charge in [0.05, 0.1) is 11.5 Å². The predicted octanol–water partition coefficient (Wildman–Crippen LogP) is 8.21. The molecule has 166 valence electrons. The molecular formula is C27H33Cl2NO. The number of hydrogen-bond acceptors (Lipinski definition) is 1. The van der Waals surface area contributed by atoms with E-state index in [4.69, 9.17) is 23.2 Å². The topological polar surface area (TPSA) is 20.3 Å². The van der Waals surface area contributed by atoms with E-state index < -0.39 is 5.41 Å². The molecule has 3 rings (SSSR count). The van der Waals surface area contributed by atoms with Crippen molar-refractivity contribution in [3.63, 3.8) is 0 Å². The number of amides is 1. The maximum absolute atomic E-state index is 14.1. The third kappa shape index (κ3) is 4.71. The number of hydrogen-bond donors (Lipinski definition) is 0. The van der Waals surface area contributed by atoms with Crippen LogP contribution in [0.1, 0.15) is 76.0 Å². The molecule has 31 heavy (non-hydrogen) atoms. The van der Waals surface area contributed by atoms with Gasteiger partial charge in [-0.25, -0.2) is 0 Å². The van der Waals surface area contributed by atoms with Crippen LogP contribution in [0.2, 0.25) is 10.0 Å². The molecule has 3 atom stereocenters. The molecule has 2 nitrogen and oxygen atoms in total. The quantitative estimate of drug-likeness (QED) is 0.365. The number of nitrogens with zero attached hydrogens (tertiary/aromatic N) is 1. The molecular weight excluding hydrogens is 425 g/mol. The van der Waals surface area contributed by atoms with E-state index in [1.54, 1.807) is 0 Å². The van der Waals surface area contributed by atoms with Crippen molar-refractivity contribution in [3.8, 4) is 0 Å². The monoisotopic (exact) mass is 457 g/mol. The van der Waals surface area contributed by atoms with Crippen LogP contribution in [0.15, 0.2) is 61.2 Å². The lowest BCUT2D eigenvalue weighted by atomic mass is 9.65. The second-order valence-corrected chi connectivity index (χ2v) is 9.54. The molecule has 1 aliphatic rings. The standard InChI is InChI=1S/C27H33Cl2NO/c1-5-16-27(8-4)18-24(20-10-9-11-22(29)17-20)25(19-12-14-21(28)15-13-19)30(26(27)31)23(6-2)7-3/h5,9-15,17,23-25H,1,6-8,16,18H2,2-4H3/t24-,25-,27?/m1/s1. The summed E-state index contributed by atoms with van der Waals surface area (Å²) in [4.78, 5) is 16.3. The van der Waals surface area contributed by atoms with Crippen LogP contribution in [0.3, 0.4) is 0 Å². The lowest BCUT2D eigenvalue weighted by Gasteiger charge is -2.53. The Kier molecular flexibility index (Phi) is 7.88. The minimum absolute atomic E-state index is 0.0578. The van der Waals surface area contributed by atoms with Crippen LogP contribution in [-0.2, 0) is 4.79 Å². The van der Waals surface area contributed by atoms with E-state index in [9.17, 15) is 4.79 Å². The van der Waals surface area contributed by atoms with Crippen molar-refractivity contribution in [1.29, 1.82) is 0 Å². The molecule has 1 saturated heterocycles. The van der Waals surface area contributed by atoms with Crippen molar-refractivity contribution in [1.82, 2.24) is 4.90 Å². The lowest BCUT2D eigenvalue weighted by molar-refractivity contribution is -0.156. The Bertz CT molecular complexity index is 906. The summed E-state index contributed by atoms with van der Waals surface area (Å²) in [6.07, 6.45) is 6.00. The van der Waals surface area contributed by atoms with E-state index in [0.717, 1.165) is 36.3 Å². The Hall–Kier alpha value is -1.77. The molecule has 0 bridgehead atoms. The Morgan fingerprint density at radius 3 is 2.29 bits per heavy atom. The molecule has 0 spiro atoms. The fourth-order valence-electron chi connectivity index (χ4n) is 5.27. The van der Waals surface area contributed by atoms with Gasteiger partial charge in [-0.1, -0.05) is 74.3 Å². The van der Waals surface area contributed by atoms with E-state index in [1.165, 1.54) is 5.56 Å². The zero-order chi connectivity index (χ0) is 22.6. The smallest absolute Gasteiger partial charge is 0.229 e. The van der Waals surface area contributed by atoms with Gasteiger partial charge >= 0.3 is 0 Å². The van der Waals surface area contributed by atoms with Crippen LogP contribution in [0.4, 0.5) is 0 Å². The number of rotatable bonds is 8. The molecule has 1 heterocycles. The van der Waals surface area contributed by atoms with Crippen molar-refractivity contribution in [2.75, 3.05) is 0 Å². The molecule has 4 heteroatoms. The summed E-state index contributed by atoms with van der Waals surface area (Å²) >= 11 is 12.6. The van der Waals surface area contributed by atoms with Gasteiger partial charge in [-0.05, 0) is 67.5 Å². The first-order chi connectivity index (χ1) is 14.9. The number of carbonyl (C=O) groups excluding carboxylic acids is 1. The summed E-state index contributed by atoms with van der Waals surface area (Å²) in [7, 11) is 0. The average molecular weight is 458 g/mol. The number of piperidine rings is 1. The molecule has 0 N–H and O–H groups in total. The van der Waals surface area contributed by atoms with E-state index in [1.807, 2.05) is 30.3 Å². The first kappa shape index (κ1) is 23.9. The van der Waals surface area contributed by atoms with Crippen molar-refractivity contribution in [2.45, 2.75) is 70.9 Å². The van der Waals surface area contributed by atoms with Crippen molar-refractivity contribution >= 4 is 29.1 Å². The Labute approximate surface area is 197 Å². The van der Waals surface area contributed by atoms with Crippen LogP contribution in [0, 0.1) is 5.41 Å². The minimum Gasteiger partial charge on any atom is -0.332 e. The highest BCUT2D eigenvalue weighted by Crippen LogP contribution is 2.53. The molecule has 2 aromatic rings. The summed E-state index contributed by atoms with van der Waals surface area (Å²) in [5.74, 6) is 0.389. The van der Waals surface area contributed by atoms with Crippen LogP contribution < -0.4 is 0 Å². The predicted molar refractivity (Wildman–Crippen MR) is 132 cm³/mol. The van der Waals surface area contributed by atoms with Gasteiger partial charge in [0.15, 0.2) is 0 Å². The maximum Gasteiger partial charge on any atom is 0.229 e. The number of halogens is 2. The van der Waals surface area contributed by atoms with Gasteiger partial charge in [0.2, 0.25) is 5.91 Å². The molecule has 0 aromatic heterocycles. The largest absolute Gasteiger partial charge is 0.332 e. The van der Waals surface area contributed by atoms with Gasteiger partial charge in [-0.3, -0.25) is 4.79 Å². The summed E-state index contributed by atoms with van der Waals surface area (Å²) < 4.78 is 0. The van der Waals surface area contributed by atoms with Crippen LogP contribution in [0.25, 0.3) is 0 Å². The Balaban J connectivity index is 2.24. The highest BCUT2D eigenvalue weighted by Gasteiger charge is 2.51. The van der Waals surface area contributed by atoms with Gasteiger partial charge in [-0.2, -0.15) is 0 Å². The van der Waals surface area contributed by atoms with Crippen molar-refractivity contribution in [2.24, 2.45) is 5.41 Å². The van der Waals surface area contributed by atoms with Gasteiger partial charge in [0.1, 0.15) is 0 Å². The lowest BCUT2D eigenvalue weighted by Crippen LogP contribution is -2.56. The highest BCUT2D eigenvalue weighted by molar-refractivity contribution is 6.30. The number of carbonyl (C=O) groups is 1. The molecule has 1 unspecified atom stereocenters. The van der Waals surface area contributed by atoms with Crippen LogP contribution in [-0.4, -0.2) is 16.8 Å². The zero-order valence-electron chi connectivity index (χ0n) is 18.8. The van der Waals surface area contributed by atoms with E-state index >= 15 is 0 Å². The highest BCUT2D eigenvalue weighted by atomic mass is 35.5. The molecule has 1 amide bonds. The molecule has 0 aliphatic carbocycles. The van der Waals surface area contributed by atoms with E-state index in [2.05, 4.69) is 56.5 Å². The number of allylic oxidation sites excluding steroid dienone is 1. The number of benzene rings is 2. The van der Waals surface area contributed by atoms with E-state index in [0.29, 0.717) is 11.4 Å². The first-order valence-electron chi connectivity index (χ1n) is 11.3. The normalized spacial score (nSPS) is 23.9. The van der Waals surface area contributed by atoms with Crippen LogP contribution in [0.5, 0.6) is 0 Å². The van der Waals surface area contributed by atoms with Crippen molar-refractivity contribution in [3.05, 3.63) is 82.4 Å². The third-order valence-corrected chi connectivity index (χ3v) is 7.50. The fraction of sp³-hybridized carbons (Fsp3) is 0.444. The minimum atomic E-state index is -0.444. The first-order valence-corrected chi connectivity index (χ1v) is 12.1. The third-order valence-electron chi connectivity index (χ3n) is 7.02. The summed E-state index contributed by atoms with van der Waals surface area (Å²) in [6, 6.07) is 16.2. The summed E-state index contributed by atoms with van der Waals surface area (Å²) in [5.41, 5.74) is 1.86. The molecule has 1 fully saturated rings. The van der Waals surface area contributed by atoms with Crippen molar-refractivity contribution < 1.29 is 4.79 Å². The molecule has 2 aromatic carbocycles. The maximum atomic E-state index is 14.1. The Morgan fingerprint density at radius 2 is 1.74 bits per heavy atom. The summed E-state index contributed by atoms with van der Waals surface area (Å²) in [5, 5.41) is 1.43. The number of likely N-dealkylation sites (tertiary alicyclic amines) is 1. The average Bonchev–Trinajstić information content (AvgIpc) is 2.77. The van der Waals surface area contributed by atoms with Crippen LogP contribution >= 0.6 is 23.2 Å².